The summed E-state index contributed by atoms with van der Waals surface area (Å²) in [5.41, 5.74) is 2.02. The third kappa shape index (κ3) is 0.923. The fraction of sp³-hybridized carbons (Fsp3) is 0.0909. The van der Waals surface area contributed by atoms with Crippen LogP contribution in [-0.4, -0.2) is 14.6 Å². The van der Waals surface area contributed by atoms with E-state index in [0.717, 1.165) is 17.0 Å². The van der Waals surface area contributed by atoms with Gasteiger partial charge < -0.3 is 0 Å². The van der Waals surface area contributed by atoms with E-state index in [1.165, 1.54) is 5.39 Å². The van der Waals surface area contributed by atoms with Crippen LogP contribution in [0.15, 0.2) is 36.4 Å². The Balaban J connectivity index is 2.58. The maximum Gasteiger partial charge on any atom is 0.156 e. The Hall–Kier alpha value is -1.90. The van der Waals surface area contributed by atoms with Gasteiger partial charge in [-0.25, -0.2) is 9.50 Å². The average molecular weight is 183 g/mol. The number of rotatable bonds is 0. The van der Waals surface area contributed by atoms with E-state index < -0.39 is 0 Å². The fourth-order valence-electron chi connectivity index (χ4n) is 1.71. The third-order valence-electron chi connectivity index (χ3n) is 2.30. The van der Waals surface area contributed by atoms with Crippen LogP contribution in [-0.2, 0) is 0 Å². The molecule has 3 rings (SSSR count). The number of hydrogen-bond acceptors (Lipinski definition) is 2. The smallest absolute Gasteiger partial charge is 0.156 e. The first kappa shape index (κ1) is 7.50. The molecule has 0 fully saturated rings. The predicted molar refractivity (Wildman–Crippen MR) is 55.2 cm³/mol. The van der Waals surface area contributed by atoms with Crippen LogP contribution in [0.4, 0.5) is 0 Å². The topological polar surface area (TPSA) is 30.2 Å². The second kappa shape index (κ2) is 2.54. The third-order valence-corrected chi connectivity index (χ3v) is 2.30. The molecule has 0 radical (unpaired) electrons. The molecule has 0 bridgehead atoms. The van der Waals surface area contributed by atoms with Gasteiger partial charge in [0.15, 0.2) is 5.65 Å². The Morgan fingerprint density at radius 1 is 1.14 bits per heavy atom. The van der Waals surface area contributed by atoms with Gasteiger partial charge in [-0.05, 0) is 19.1 Å². The molecule has 3 nitrogen and oxygen atoms in total. The van der Waals surface area contributed by atoms with Gasteiger partial charge >= 0.3 is 0 Å². The first-order chi connectivity index (χ1) is 6.84. The van der Waals surface area contributed by atoms with Crippen LogP contribution in [0.25, 0.3) is 16.6 Å². The zero-order chi connectivity index (χ0) is 9.54. The fourth-order valence-corrected chi connectivity index (χ4v) is 1.71. The summed E-state index contributed by atoms with van der Waals surface area (Å²) in [7, 11) is 0. The van der Waals surface area contributed by atoms with E-state index in [0.29, 0.717) is 0 Å². The van der Waals surface area contributed by atoms with Gasteiger partial charge in [-0.3, -0.25) is 0 Å². The van der Waals surface area contributed by atoms with Crippen LogP contribution >= 0.6 is 0 Å². The Morgan fingerprint density at radius 3 is 2.93 bits per heavy atom. The summed E-state index contributed by atoms with van der Waals surface area (Å²) >= 11 is 0. The lowest BCUT2D eigenvalue weighted by Crippen LogP contribution is -1.81. The van der Waals surface area contributed by atoms with Crippen LogP contribution < -0.4 is 0 Å². The SMILES string of the molecule is Cc1nc2cc3cccccc3n2n1. The van der Waals surface area contributed by atoms with Gasteiger partial charge in [0.2, 0.25) is 0 Å². The summed E-state index contributed by atoms with van der Waals surface area (Å²) in [6.45, 7) is 1.90. The quantitative estimate of drug-likeness (QED) is 0.534. The number of hydrogen-bond donors (Lipinski definition) is 0. The summed E-state index contributed by atoms with van der Waals surface area (Å²) in [5.74, 6) is 0.813. The maximum absolute atomic E-state index is 4.33. The summed E-state index contributed by atoms with van der Waals surface area (Å²) in [6.07, 6.45) is 0. The average Bonchev–Trinajstić information content (AvgIpc) is 2.55. The highest BCUT2D eigenvalue weighted by atomic mass is 15.3. The molecule has 1 aromatic carbocycles. The molecule has 0 atom stereocenters. The lowest BCUT2D eigenvalue weighted by atomic mass is 10.3. The second-order valence-corrected chi connectivity index (χ2v) is 3.32. The number of nitrogens with zero attached hydrogens (tertiary/aromatic N) is 3. The summed E-state index contributed by atoms with van der Waals surface area (Å²) in [6, 6.07) is 12.2. The molecule has 0 spiro atoms. The predicted octanol–water partition coefficient (Wildman–Crippen LogP) is 2.19. The molecule has 0 amide bonds. The van der Waals surface area contributed by atoms with Crippen molar-refractivity contribution in [2.24, 2.45) is 0 Å². The van der Waals surface area contributed by atoms with Gasteiger partial charge in [-0.1, -0.05) is 24.3 Å². The van der Waals surface area contributed by atoms with E-state index in [9.17, 15) is 0 Å². The van der Waals surface area contributed by atoms with Crippen LogP contribution in [0.2, 0.25) is 0 Å². The number of aromatic nitrogens is 3. The lowest BCUT2D eigenvalue weighted by Gasteiger charge is -1.83. The van der Waals surface area contributed by atoms with Crippen molar-refractivity contribution in [3.05, 3.63) is 42.2 Å². The van der Waals surface area contributed by atoms with Gasteiger partial charge in [0.1, 0.15) is 5.82 Å². The summed E-state index contributed by atoms with van der Waals surface area (Å²) < 4.78 is 1.88. The molecule has 14 heavy (non-hydrogen) atoms. The molecule has 3 aromatic rings. The summed E-state index contributed by atoms with van der Waals surface area (Å²) in [4.78, 5) is 4.32. The highest BCUT2D eigenvalue weighted by Gasteiger charge is 2.04. The van der Waals surface area contributed by atoms with Crippen LogP contribution in [0.1, 0.15) is 5.82 Å². The van der Waals surface area contributed by atoms with Crippen molar-refractivity contribution in [2.75, 3.05) is 0 Å². The monoisotopic (exact) mass is 183 g/mol. The largest absolute Gasteiger partial charge is 0.213 e. The molecule has 0 saturated carbocycles. The molecular formula is C11H9N3. The van der Waals surface area contributed by atoms with Gasteiger partial charge in [-0.2, -0.15) is 5.10 Å². The van der Waals surface area contributed by atoms with E-state index >= 15 is 0 Å². The zero-order valence-corrected chi connectivity index (χ0v) is 7.81. The zero-order valence-electron chi connectivity index (χ0n) is 7.81. The van der Waals surface area contributed by atoms with Crippen molar-refractivity contribution >= 4 is 16.6 Å². The van der Waals surface area contributed by atoms with Crippen molar-refractivity contribution in [3.63, 3.8) is 0 Å². The molecule has 2 aromatic heterocycles. The molecule has 68 valence electrons. The minimum Gasteiger partial charge on any atom is -0.213 e. The van der Waals surface area contributed by atoms with Crippen LogP contribution in [0, 0.1) is 6.92 Å². The molecule has 2 heterocycles. The molecule has 0 aliphatic heterocycles. The van der Waals surface area contributed by atoms with E-state index in [1.54, 1.807) is 0 Å². The lowest BCUT2D eigenvalue weighted by molar-refractivity contribution is 0.971. The Labute approximate surface area is 81.0 Å². The van der Waals surface area contributed by atoms with Crippen LogP contribution in [0.3, 0.4) is 0 Å². The van der Waals surface area contributed by atoms with E-state index in [2.05, 4.69) is 28.3 Å². The molecular weight excluding hydrogens is 174 g/mol. The maximum atomic E-state index is 4.33. The van der Waals surface area contributed by atoms with Crippen molar-refractivity contribution < 1.29 is 0 Å². The summed E-state index contributed by atoms with van der Waals surface area (Å²) in [5, 5.41) is 5.51. The van der Waals surface area contributed by atoms with Crippen molar-refractivity contribution in [2.45, 2.75) is 6.92 Å². The highest BCUT2D eigenvalue weighted by molar-refractivity contribution is 5.84. The number of aryl methyl sites for hydroxylation is 1. The second-order valence-electron chi connectivity index (χ2n) is 3.32. The minimum absolute atomic E-state index is 0.813. The highest BCUT2D eigenvalue weighted by Crippen LogP contribution is 2.16. The molecule has 0 aliphatic rings. The first-order valence-electron chi connectivity index (χ1n) is 4.56. The van der Waals surface area contributed by atoms with Gasteiger partial charge in [0.25, 0.3) is 0 Å². The van der Waals surface area contributed by atoms with Gasteiger partial charge in [-0.15, -0.1) is 0 Å². The van der Waals surface area contributed by atoms with E-state index in [-0.39, 0.29) is 0 Å². The van der Waals surface area contributed by atoms with E-state index in [1.807, 2.05) is 29.6 Å². The molecule has 0 saturated heterocycles. The molecule has 0 aliphatic carbocycles. The van der Waals surface area contributed by atoms with E-state index in [4.69, 9.17) is 0 Å². The Morgan fingerprint density at radius 2 is 2.00 bits per heavy atom. The molecule has 3 heteroatoms. The minimum atomic E-state index is 0.813. The van der Waals surface area contributed by atoms with Crippen LogP contribution in [0.5, 0.6) is 0 Å². The Bertz CT molecular complexity index is 610. The van der Waals surface area contributed by atoms with Crippen molar-refractivity contribution in [1.29, 1.82) is 0 Å². The normalized spacial score (nSPS) is 11.2. The van der Waals surface area contributed by atoms with Crippen molar-refractivity contribution in [3.8, 4) is 0 Å². The number of fused-ring (bicyclic) bond motifs is 3. The standard InChI is InChI=1S/C11H9N3/c1-8-12-11-7-9-5-3-2-4-6-10(9)14(11)13-8/h2-7H,1H3. The Kier molecular flexibility index (Phi) is 1.36. The molecule has 0 unspecified atom stereocenters. The molecule has 0 N–H and O–H groups in total. The van der Waals surface area contributed by atoms with Crippen molar-refractivity contribution in [1.82, 2.24) is 14.6 Å². The van der Waals surface area contributed by atoms with Gasteiger partial charge in [0.05, 0.1) is 5.52 Å². The first-order valence-corrected chi connectivity index (χ1v) is 4.56. The van der Waals surface area contributed by atoms with Gasteiger partial charge in [0, 0.05) is 5.39 Å².